The fourth-order valence-electron chi connectivity index (χ4n) is 2.38. The number of aromatic nitrogens is 4. The van der Waals surface area contributed by atoms with Crippen LogP contribution in [0.2, 0.25) is 0 Å². The Labute approximate surface area is 105 Å². The molecule has 6 heteroatoms. The van der Waals surface area contributed by atoms with Gasteiger partial charge in [0.05, 0.1) is 5.92 Å². The Morgan fingerprint density at radius 3 is 2.94 bits per heavy atom. The Hall–Kier alpha value is -1.82. The molecule has 0 amide bonds. The highest BCUT2D eigenvalue weighted by atomic mass is 16.5. The number of hydrogen-bond acceptors (Lipinski definition) is 6. The lowest BCUT2D eigenvalue weighted by atomic mass is 9.85. The van der Waals surface area contributed by atoms with Crippen LogP contribution in [-0.2, 0) is 0 Å². The van der Waals surface area contributed by atoms with Gasteiger partial charge in [-0.2, -0.15) is 4.98 Å². The predicted octanol–water partition coefficient (Wildman–Crippen LogP) is 1.51. The highest BCUT2D eigenvalue weighted by molar-refractivity contribution is 5.46. The van der Waals surface area contributed by atoms with E-state index in [1.54, 1.807) is 12.3 Å². The molecule has 2 aromatic heterocycles. The largest absolute Gasteiger partial charge is 0.339 e. The molecule has 2 unspecified atom stereocenters. The molecule has 6 nitrogen and oxygen atoms in total. The van der Waals surface area contributed by atoms with Crippen molar-refractivity contribution in [3.8, 4) is 11.5 Å². The highest BCUT2D eigenvalue weighted by Crippen LogP contribution is 2.31. The monoisotopic (exact) mass is 245 g/mol. The molecule has 1 aliphatic rings. The van der Waals surface area contributed by atoms with Crippen LogP contribution in [0.25, 0.3) is 11.5 Å². The molecule has 2 atom stereocenters. The molecule has 0 saturated heterocycles. The standard InChI is InChI=1S/C12H15N5O/c13-9-4-2-1-3-8(9)12-16-11(17-18-12)10-5-6-14-7-15-10/h5-9H,1-4,13H2. The SMILES string of the molecule is NC1CCCCC1c1nc(-c2ccncn2)no1. The van der Waals surface area contributed by atoms with E-state index >= 15 is 0 Å². The lowest BCUT2D eigenvalue weighted by Gasteiger charge is -2.25. The normalized spacial score (nSPS) is 24.1. The molecular formula is C12H15N5O. The van der Waals surface area contributed by atoms with Gasteiger partial charge in [0.15, 0.2) is 0 Å². The number of nitrogens with two attached hydrogens (primary N) is 1. The van der Waals surface area contributed by atoms with Crippen LogP contribution in [0.3, 0.4) is 0 Å². The van der Waals surface area contributed by atoms with Gasteiger partial charge in [0.2, 0.25) is 11.7 Å². The van der Waals surface area contributed by atoms with Gasteiger partial charge >= 0.3 is 0 Å². The van der Waals surface area contributed by atoms with Crippen LogP contribution < -0.4 is 5.73 Å². The summed E-state index contributed by atoms with van der Waals surface area (Å²) in [5.41, 5.74) is 6.78. The van der Waals surface area contributed by atoms with Crippen LogP contribution in [0.4, 0.5) is 0 Å². The average Bonchev–Trinajstić information content (AvgIpc) is 2.90. The van der Waals surface area contributed by atoms with E-state index in [4.69, 9.17) is 10.3 Å². The first-order valence-corrected chi connectivity index (χ1v) is 6.20. The molecule has 0 radical (unpaired) electrons. The molecule has 0 bridgehead atoms. The summed E-state index contributed by atoms with van der Waals surface area (Å²) in [6, 6.07) is 1.88. The summed E-state index contributed by atoms with van der Waals surface area (Å²) < 4.78 is 5.33. The Kier molecular flexibility index (Phi) is 3.02. The lowest BCUT2D eigenvalue weighted by Crippen LogP contribution is -2.31. The first kappa shape index (κ1) is 11.3. The van der Waals surface area contributed by atoms with Gasteiger partial charge in [-0.15, -0.1) is 0 Å². The van der Waals surface area contributed by atoms with E-state index in [1.165, 1.54) is 19.2 Å². The van der Waals surface area contributed by atoms with Crippen molar-refractivity contribution in [3.63, 3.8) is 0 Å². The van der Waals surface area contributed by atoms with Gasteiger partial charge < -0.3 is 10.3 Å². The maximum absolute atomic E-state index is 6.11. The summed E-state index contributed by atoms with van der Waals surface area (Å²) in [4.78, 5) is 12.4. The molecule has 1 fully saturated rings. The van der Waals surface area contributed by atoms with E-state index in [-0.39, 0.29) is 12.0 Å². The van der Waals surface area contributed by atoms with E-state index in [1.807, 2.05) is 0 Å². The fourth-order valence-corrected chi connectivity index (χ4v) is 2.38. The maximum atomic E-state index is 6.11. The Morgan fingerprint density at radius 1 is 1.28 bits per heavy atom. The topological polar surface area (TPSA) is 90.7 Å². The van der Waals surface area contributed by atoms with Crippen molar-refractivity contribution in [1.82, 2.24) is 20.1 Å². The van der Waals surface area contributed by atoms with Crippen molar-refractivity contribution in [2.45, 2.75) is 37.6 Å². The fraction of sp³-hybridized carbons (Fsp3) is 0.500. The third-order valence-corrected chi connectivity index (χ3v) is 3.39. The van der Waals surface area contributed by atoms with Crippen LogP contribution in [0.15, 0.2) is 23.1 Å². The van der Waals surface area contributed by atoms with E-state index in [0.29, 0.717) is 17.4 Å². The van der Waals surface area contributed by atoms with Gasteiger partial charge in [0.25, 0.3) is 0 Å². The third kappa shape index (κ3) is 2.11. The van der Waals surface area contributed by atoms with E-state index in [2.05, 4.69) is 20.1 Å². The summed E-state index contributed by atoms with van der Waals surface area (Å²) in [7, 11) is 0. The quantitative estimate of drug-likeness (QED) is 0.862. The molecule has 3 rings (SSSR count). The first-order chi connectivity index (χ1) is 8.84. The molecule has 94 valence electrons. The van der Waals surface area contributed by atoms with Crippen molar-refractivity contribution in [2.24, 2.45) is 5.73 Å². The van der Waals surface area contributed by atoms with Gasteiger partial charge in [0, 0.05) is 12.2 Å². The van der Waals surface area contributed by atoms with Gasteiger partial charge in [-0.1, -0.05) is 18.0 Å². The molecule has 2 heterocycles. The van der Waals surface area contributed by atoms with Crippen molar-refractivity contribution in [3.05, 3.63) is 24.5 Å². The second-order valence-corrected chi connectivity index (χ2v) is 4.61. The van der Waals surface area contributed by atoms with E-state index in [0.717, 1.165) is 12.8 Å². The Morgan fingerprint density at radius 2 is 2.17 bits per heavy atom. The van der Waals surface area contributed by atoms with Gasteiger partial charge in [-0.25, -0.2) is 9.97 Å². The lowest BCUT2D eigenvalue weighted by molar-refractivity contribution is 0.290. The predicted molar refractivity (Wildman–Crippen MR) is 64.5 cm³/mol. The molecular weight excluding hydrogens is 230 g/mol. The number of hydrogen-bond donors (Lipinski definition) is 1. The van der Waals surface area contributed by atoms with Crippen molar-refractivity contribution >= 4 is 0 Å². The zero-order valence-corrected chi connectivity index (χ0v) is 9.99. The van der Waals surface area contributed by atoms with Crippen molar-refractivity contribution < 1.29 is 4.52 Å². The molecule has 0 aromatic carbocycles. The first-order valence-electron chi connectivity index (χ1n) is 6.20. The molecule has 2 aromatic rings. The summed E-state index contributed by atoms with van der Waals surface area (Å²) in [6.45, 7) is 0. The van der Waals surface area contributed by atoms with Crippen molar-refractivity contribution in [2.75, 3.05) is 0 Å². The van der Waals surface area contributed by atoms with Gasteiger partial charge in [-0.3, -0.25) is 0 Å². The Balaban J connectivity index is 1.85. The average molecular weight is 245 g/mol. The van der Waals surface area contributed by atoms with Crippen LogP contribution in [-0.4, -0.2) is 26.2 Å². The van der Waals surface area contributed by atoms with Crippen LogP contribution in [0.5, 0.6) is 0 Å². The minimum atomic E-state index is 0.123. The smallest absolute Gasteiger partial charge is 0.231 e. The molecule has 1 aliphatic carbocycles. The summed E-state index contributed by atoms with van der Waals surface area (Å²) in [6.07, 6.45) is 7.53. The second kappa shape index (κ2) is 4.81. The molecule has 18 heavy (non-hydrogen) atoms. The van der Waals surface area contributed by atoms with Gasteiger partial charge in [0.1, 0.15) is 12.0 Å². The van der Waals surface area contributed by atoms with Crippen LogP contribution >= 0.6 is 0 Å². The number of rotatable bonds is 2. The third-order valence-electron chi connectivity index (χ3n) is 3.39. The van der Waals surface area contributed by atoms with Gasteiger partial charge in [-0.05, 0) is 18.9 Å². The summed E-state index contributed by atoms with van der Waals surface area (Å²) in [5, 5.41) is 3.96. The van der Waals surface area contributed by atoms with E-state index < -0.39 is 0 Å². The van der Waals surface area contributed by atoms with Crippen LogP contribution in [0.1, 0.15) is 37.5 Å². The summed E-state index contributed by atoms with van der Waals surface area (Å²) in [5.74, 6) is 1.32. The van der Waals surface area contributed by atoms with Crippen LogP contribution in [0, 0.1) is 0 Å². The maximum Gasteiger partial charge on any atom is 0.231 e. The van der Waals surface area contributed by atoms with E-state index in [9.17, 15) is 0 Å². The molecule has 0 aliphatic heterocycles. The number of nitrogens with zero attached hydrogens (tertiary/aromatic N) is 4. The zero-order valence-electron chi connectivity index (χ0n) is 9.99. The molecule has 2 N–H and O–H groups in total. The minimum Gasteiger partial charge on any atom is -0.339 e. The minimum absolute atomic E-state index is 0.123. The zero-order chi connectivity index (χ0) is 12.4. The highest BCUT2D eigenvalue weighted by Gasteiger charge is 2.28. The summed E-state index contributed by atoms with van der Waals surface area (Å²) >= 11 is 0. The Bertz CT molecular complexity index is 512. The van der Waals surface area contributed by atoms with Crippen molar-refractivity contribution in [1.29, 1.82) is 0 Å². The molecule has 1 saturated carbocycles. The molecule has 0 spiro atoms. The second-order valence-electron chi connectivity index (χ2n) is 4.61.